The molecule has 0 bridgehead atoms. The quantitative estimate of drug-likeness (QED) is 0.740. The topological polar surface area (TPSA) is 72.9 Å². The summed E-state index contributed by atoms with van der Waals surface area (Å²) >= 11 is 0. The molecule has 0 radical (unpaired) electrons. The van der Waals surface area contributed by atoms with E-state index in [2.05, 4.69) is 5.32 Å². The Kier molecular flexibility index (Phi) is 5.40. The molecule has 1 fully saturated rings. The number of piperidine rings is 1. The Bertz CT molecular complexity index is 297. The first-order valence-electron chi connectivity index (χ1n) is 6.33. The fourth-order valence-electron chi connectivity index (χ4n) is 2.01. The number of carbonyl (C=O) groups excluding carboxylic acids is 2. The van der Waals surface area contributed by atoms with E-state index in [1.165, 1.54) is 0 Å². The molecule has 2 N–H and O–H groups in total. The fraction of sp³-hybridized carbons (Fsp3) is 0.833. The van der Waals surface area contributed by atoms with Gasteiger partial charge in [0, 0.05) is 39.6 Å². The second kappa shape index (κ2) is 6.58. The Labute approximate surface area is 108 Å². The lowest BCUT2D eigenvalue weighted by atomic mass is 9.96. The Morgan fingerprint density at radius 1 is 1.39 bits per heavy atom. The van der Waals surface area contributed by atoms with Gasteiger partial charge in [-0.1, -0.05) is 0 Å². The highest BCUT2D eigenvalue weighted by atomic mass is 16.3. The zero-order chi connectivity index (χ0) is 13.7. The first-order chi connectivity index (χ1) is 8.41. The van der Waals surface area contributed by atoms with Crippen molar-refractivity contribution in [1.29, 1.82) is 0 Å². The molecule has 1 unspecified atom stereocenters. The lowest BCUT2D eigenvalue weighted by molar-refractivity contribution is -0.126. The van der Waals surface area contributed by atoms with Gasteiger partial charge in [-0.25, -0.2) is 4.79 Å². The summed E-state index contributed by atoms with van der Waals surface area (Å²) < 4.78 is 0. The number of aliphatic hydroxyl groups excluding tert-OH is 1. The van der Waals surface area contributed by atoms with Gasteiger partial charge in [0.25, 0.3) is 0 Å². The van der Waals surface area contributed by atoms with Gasteiger partial charge < -0.3 is 20.2 Å². The molecule has 1 heterocycles. The van der Waals surface area contributed by atoms with Crippen LogP contribution in [0, 0.1) is 5.92 Å². The Hall–Kier alpha value is -1.30. The molecule has 0 aliphatic carbocycles. The number of hydrogen-bond donors (Lipinski definition) is 2. The summed E-state index contributed by atoms with van der Waals surface area (Å²) in [6.07, 6.45) is 0.848. The first kappa shape index (κ1) is 14.8. The molecule has 0 aromatic carbocycles. The molecule has 1 aliphatic heterocycles. The van der Waals surface area contributed by atoms with E-state index in [0.717, 1.165) is 0 Å². The number of hydrogen-bond acceptors (Lipinski definition) is 3. The minimum atomic E-state index is -0.524. The molecule has 6 nitrogen and oxygen atoms in total. The van der Waals surface area contributed by atoms with E-state index in [0.29, 0.717) is 25.9 Å². The van der Waals surface area contributed by atoms with E-state index >= 15 is 0 Å². The van der Waals surface area contributed by atoms with Crippen molar-refractivity contribution in [3.05, 3.63) is 0 Å². The molecule has 0 aromatic rings. The maximum absolute atomic E-state index is 11.8. The first-order valence-corrected chi connectivity index (χ1v) is 6.33. The third-order valence-electron chi connectivity index (χ3n) is 3.09. The molecule has 0 aromatic heterocycles. The summed E-state index contributed by atoms with van der Waals surface area (Å²) in [4.78, 5) is 26.8. The van der Waals surface area contributed by atoms with E-state index in [-0.39, 0.29) is 24.4 Å². The minimum Gasteiger partial charge on any atom is -0.392 e. The van der Waals surface area contributed by atoms with Gasteiger partial charge in [0.05, 0.1) is 6.10 Å². The van der Waals surface area contributed by atoms with Crippen LogP contribution in [0.3, 0.4) is 0 Å². The van der Waals surface area contributed by atoms with Crippen molar-refractivity contribution in [3.8, 4) is 0 Å². The number of carbonyl (C=O) groups is 2. The molecule has 104 valence electrons. The summed E-state index contributed by atoms with van der Waals surface area (Å²) in [5.41, 5.74) is 0. The minimum absolute atomic E-state index is 0.00200. The predicted octanol–water partition coefficient (Wildman–Crippen LogP) is -0.123. The number of rotatable bonds is 3. The second-order valence-electron chi connectivity index (χ2n) is 5.03. The van der Waals surface area contributed by atoms with Gasteiger partial charge in [-0.15, -0.1) is 0 Å². The molecular formula is C12H23N3O3. The van der Waals surface area contributed by atoms with Crippen molar-refractivity contribution in [3.63, 3.8) is 0 Å². The van der Waals surface area contributed by atoms with Gasteiger partial charge in [0.2, 0.25) is 5.91 Å². The molecular weight excluding hydrogens is 234 g/mol. The summed E-state index contributed by atoms with van der Waals surface area (Å²) in [7, 11) is 3.45. The maximum Gasteiger partial charge on any atom is 0.319 e. The van der Waals surface area contributed by atoms with Gasteiger partial charge in [-0.3, -0.25) is 4.79 Å². The molecule has 18 heavy (non-hydrogen) atoms. The Balaban J connectivity index is 2.35. The smallest absolute Gasteiger partial charge is 0.319 e. The van der Waals surface area contributed by atoms with Crippen LogP contribution in [0.1, 0.15) is 19.8 Å². The molecule has 0 spiro atoms. The van der Waals surface area contributed by atoms with Crippen LogP contribution in [0.5, 0.6) is 0 Å². The monoisotopic (exact) mass is 257 g/mol. The SMILES string of the molecule is CC(O)CNC(=O)C1CCN(C(=O)N(C)C)CC1. The summed E-state index contributed by atoms with van der Waals surface area (Å²) in [5, 5.41) is 11.8. The van der Waals surface area contributed by atoms with Crippen molar-refractivity contribution < 1.29 is 14.7 Å². The second-order valence-corrected chi connectivity index (χ2v) is 5.03. The Morgan fingerprint density at radius 2 is 1.94 bits per heavy atom. The van der Waals surface area contributed by atoms with Crippen LogP contribution in [0.15, 0.2) is 0 Å². The molecule has 6 heteroatoms. The van der Waals surface area contributed by atoms with E-state index in [1.54, 1.807) is 30.8 Å². The van der Waals surface area contributed by atoms with Gasteiger partial charge in [0.1, 0.15) is 0 Å². The Morgan fingerprint density at radius 3 is 2.39 bits per heavy atom. The molecule has 1 saturated heterocycles. The number of likely N-dealkylation sites (tertiary alicyclic amines) is 1. The lowest BCUT2D eigenvalue weighted by Crippen LogP contribution is -2.47. The number of amides is 3. The highest BCUT2D eigenvalue weighted by molar-refractivity contribution is 5.79. The van der Waals surface area contributed by atoms with Crippen LogP contribution in [0.25, 0.3) is 0 Å². The van der Waals surface area contributed by atoms with Gasteiger partial charge in [0.15, 0.2) is 0 Å². The molecule has 0 saturated carbocycles. The third-order valence-corrected chi connectivity index (χ3v) is 3.09. The van der Waals surface area contributed by atoms with Gasteiger partial charge in [-0.05, 0) is 19.8 Å². The van der Waals surface area contributed by atoms with Crippen molar-refractivity contribution in [2.24, 2.45) is 5.92 Å². The van der Waals surface area contributed by atoms with Crippen LogP contribution in [-0.4, -0.2) is 66.7 Å². The molecule has 1 aliphatic rings. The maximum atomic E-state index is 11.8. The third kappa shape index (κ3) is 4.18. The molecule has 1 atom stereocenters. The van der Waals surface area contributed by atoms with Gasteiger partial charge >= 0.3 is 6.03 Å². The summed E-state index contributed by atoms with van der Waals surface area (Å²) in [6.45, 7) is 3.15. The largest absolute Gasteiger partial charge is 0.392 e. The number of aliphatic hydroxyl groups is 1. The average Bonchev–Trinajstić information content (AvgIpc) is 2.35. The van der Waals surface area contributed by atoms with E-state index in [1.807, 2.05) is 0 Å². The summed E-state index contributed by atoms with van der Waals surface area (Å²) in [5.74, 6) is -0.0668. The lowest BCUT2D eigenvalue weighted by Gasteiger charge is -2.33. The molecule has 1 rings (SSSR count). The van der Waals surface area contributed by atoms with E-state index in [9.17, 15) is 9.59 Å². The van der Waals surface area contributed by atoms with Crippen molar-refractivity contribution in [1.82, 2.24) is 15.1 Å². The van der Waals surface area contributed by atoms with Crippen LogP contribution in [-0.2, 0) is 4.79 Å². The van der Waals surface area contributed by atoms with Gasteiger partial charge in [-0.2, -0.15) is 0 Å². The van der Waals surface area contributed by atoms with Crippen LogP contribution in [0.4, 0.5) is 4.79 Å². The van der Waals surface area contributed by atoms with Crippen molar-refractivity contribution in [2.75, 3.05) is 33.7 Å². The van der Waals surface area contributed by atoms with E-state index in [4.69, 9.17) is 5.11 Å². The van der Waals surface area contributed by atoms with E-state index < -0.39 is 6.10 Å². The highest BCUT2D eigenvalue weighted by Gasteiger charge is 2.27. The predicted molar refractivity (Wildman–Crippen MR) is 68.1 cm³/mol. The standard InChI is InChI=1S/C12H23N3O3/c1-9(16)8-13-11(17)10-4-6-15(7-5-10)12(18)14(2)3/h9-10,16H,4-8H2,1-3H3,(H,13,17). The average molecular weight is 257 g/mol. The van der Waals surface area contributed by atoms with Crippen LogP contribution < -0.4 is 5.32 Å². The van der Waals surface area contributed by atoms with Crippen LogP contribution in [0.2, 0.25) is 0 Å². The zero-order valence-corrected chi connectivity index (χ0v) is 11.3. The van der Waals surface area contributed by atoms with Crippen molar-refractivity contribution in [2.45, 2.75) is 25.9 Å². The normalized spacial score (nSPS) is 18.3. The van der Waals surface area contributed by atoms with Crippen LogP contribution >= 0.6 is 0 Å². The number of nitrogens with zero attached hydrogens (tertiary/aromatic N) is 2. The molecule has 3 amide bonds. The highest BCUT2D eigenvalue weighted by Crippen LogP contribution is 2.18. The summed E-state index contributed by atoms with van der Waals surface area (Å²) in [6, 6.07) is -0.00200. The zero-order valence-electron chi connectivity index (χ0n) is 11.3. The fourth-order valence-corrected chi connectivity index (χ4v) is 2.01. The van der Waals surface area contributed by atoms with Crippen molar-refractivity contribution >= 4 is 11.9 Å². The number of nitrogens with one attached hydrogen (secondary N) is 1. The number of urea groups is 1.